The minimum absolute atomic E-state index is 0.0170. The minimum atomic E-state index is -3.92. The van der Waals surface area contributed by atoms with Gasteiger partial charge in [-0.25, -0.2) is 46.7 Å². The van der Waals surface area contributed by atoms with Crippen LogP contribution in [-0.2, 0) is 31.2 Å². The van der Waals surface area contributed by atoms with Crippen molar-refractivity contribution in [1.29, 1.82) is 0 Å². The summed E-state index contributed by atoms with van der Waals surface area (Å²) in [5, 5.41) is 37.9. The molecule has 0 aliphatic carbocycles. The summed E-state index contributed by atoms with van der Waals surface area (Å²) in [5.41, 5.74) is 3.13. The maximum Gasteiger partial charge on any atom is 0.213 e. The molecule has 0 unspecified atom stereocenters. The van der Waals surface area contributed by atoms with E-state index in [9.17, 15) is 27.0 Å². The molecule has 2 atom stereocenters. The van der Waals surface area contributed by atoms with Crippen LogP contribution >= 0.6 is 0 Å². The first-order valence-electron chi connectivity index (χ1n) is 22.2. The summed E-state index contributed by atoms with van der Waals surface area (Å²) in [6.07, 6.45) is 3.21. The zero-order chi connectivity index (χ0) is 53.2. The van der Waals surface area contributed by atoms with Gasteiger partial charge in [-0.1, -0.05) is 24.3 Å². The standard InChI is InChI=1S/2C24H26N6O6S/c2*1-15-11-25-23(26-12-15)17(31)13-37(32,33)14-20-28-29-24(16-7-5-10-21(27-16)36-4)30(20)22-18(34-2)8-6-9-19(22)35-3/h2*5-12,17,31H,13-14H2,1-4H3/t2*17-/m10/s1. The molecule has 0 spiro atoms. The molecule has 26 heteroatoms. The molecule has 8 aromatic rings. The summed E-state index contributed by atoms with van der Waals surface area (Å²) < 4.78 is 88.5. The van der Waals surface area contributed by atoms with E-state index in [0.717, 1.165) is 11.1 Å². The Balaban J connectivity index is 0.000000216. The second kappa shape index (κ2) is 23.6. The van der Waals surface area contributed by atoms with Crippen LogP contribution in [0, 0.1) is 13.8 Å². The Labute approximate surface area is 425 Å². The van der Waals surface area contributed by atoms with Gasteiger partial charge in [0.1, 0.15) is 69.5 Å². The number of para-hydroxylation sites is 2. The molecule has 0 saturated carbocycles. The quantitative estimate of drug-likeness (QED) is 0.108. The van der Waals surface area contributed by atoms with E-state index in [2.05, 4.69) is 50.3 Å². The van der Waals surface area contributed by atoms with Gasteiger partial charge in [0.25, 0.3) is 0 Å². The van der Waals surface area contributed by atoms with Crippen LogP contribution < -0.4 is 28.4 Å². The van der Waals surface area contributed by atoms with E-state index in [0.29, 0.717) is 57.5 Å². The topological polar surface area (TPSA) is 303 Å². The SMILES string of the molecule is COc1cccc(-c2nnc(CS(=O)(=O)C[C@@H](O)c3ncc(C)cn3)n2-c2c(OC)cccc2OC)n1.COc1cccc(-c2nnc(CS(=O)(=O)C[C@H](O)c3ncc(C)cn3)n2-c2c(OC)cccc2OC)n1. The smallest absolute Gasteiger partial charge is 0.213 e. The van der Waals surface area contributed by atoms with Gasteiger partial charge in [0.05, 0.1) is 54.2 Å². The summed E-state index contributed by atoms with van der Waals surface area (Å²) in [5.74, 6) is 0.618. The number of aromatic nitrogens is 12. The van der Waals surface area contributed by atoms with Crippen molar-refractivity contribution in [1.82, 2.24) is 59.4 Å². The van der Waals surface area contributed by atoms with Crippen LogP contribution in [0.4, 0.5) is 0 Å². The van der Waals surface area contributed by atoms with Gasteiger partial charge in [0, 0.05) is 36.9 Å². The first-order valence-corrected chi connectivity index (χ1v) is 25.8. The number of benzene rings is 2. The molecule has 74 heavy (non-hydrogen) atoms. The van der Waals surface area contributed by atoms with Gasteiger partial charge in [-0.3, -0.25) is 9.13 Å². The monoisotopic (exact) mass is 1050 g/mol. The molecule has 388 valence electrons. The largest absolute Gasteiger partial charge is 0.494 e. The highest BCUT2D eigenvalue weighted by Crippen LogP contribution is 2.38. The summed E-state index contributed by atoms with van der Waals surface area (Å²) in [7, 11) is 1.07. The Morgan fingerprint density at radius 1 is 0.473 bits per heavy atom. The highest BCUT2D eigenvalue weighted by atomic mass is 32.2. The number of rotatable bonds is 20. The molecule has 2 aromatic carbocycles. The lowest BCUT2D eigenvalue weighted by molar-refractivity contribution is 0.190. The Hall–Kier alpha value is -8.20. The first-order chi connectivity index (χ1) is 35.5. The maximum absolute atomic E-state index is 13.2. The van der Waals surface area contributed by atoms with Crippen LogP contribution in [-0.4, -0.2) is 141 Å². The summed E-state index contributed by atoms with van der Waals surface area (Å²) in [6.45, 7) is 3.58. The van der Waals surface area contributed by atoms with Crippen LogP contribution in [0.3, 0.4) is 0 Å². The predicted octanol–water partition coefficient (Wildman–Crippen LogP) is 4.20. The molecule has 24 nitrogen and oxygen atoms in total. The van der Waals surface area contributed by atoms with E-state index in [1.807, 2.05) is 0 Å². The summed E-state index contributed by atoms with van der Waals surface area (Å²) >= 11 is 0. The molecule has 0 fully saturated rings. The number of pyridine rings is 2. The number of nitrogens with zero attached hydrogens (tertiary/aromatic N) is 12. The highest BCUT2D eigenvalue weighted by molar-refractivity contribution is 7.90. The third kappa shape index (κ3) is 12.5. The van der Waals surface area contributed by atoms with Gasteiger partial charge in [-0.15, -0.1) is 20.4 Å². The van der Waals surface area contributed by atoms with E-state index in [1.54, 1.807) is 86.6 Å². The fraction of sp³-hybridized carbons (Fsp3) is 0.292. The van der Waals surface area contributed by atoms with Gasteiger partial charge in [0.2, 0.25) is 11.8 Å². The van der Waals surface area contributed by atoms with Crippen LogP contribution in [0.2, 0.25) is 0 Å². The summed E-state index contributed by atoms with van der Waals surface area (Å²) in [6, 6.07) is 20.5. The zero-order valence-electron chi connectivity index (χ0n) is 41.4. The van der Waals surface area contributed by atoms with Crippen molar-refractivity contribution in [3.05, 3.63) is 132 Å². The molecule has 6 aromatic heterocycles. The van der Waals surface area contributed by atoms with Gasteiger partial charge >= 0.3 is 0 Å². The molecule has 8 rings (SSSR count). The second-order valence-corrected chi connectivity index (χ2v) is 20.3. The lowest BCUT2D eigenvalue weighted by Crippen LogP contribution is -2.20. The van der Waals surface area contributed by atoms with E-state index in [1.165, 1.54) is 76.6 Å². The Bertz CT molecular complexity index is 3160. The highest BCUT2D eigenvalue weighted by Gasteiger charge is 2.31. The van der Waals surface area contributed by atoms with E-state index < -0.39 is 54.9 Å². The lowest BCUT2D eigenvalue weighted by Gasteiger charge is -2.17. The van der Waals surface area contributed by atoms with Crippen molar-refractivity contribution in [2.75, 3.05) is 54.2 Å². The van der Waals surface area contributed by atoms with Crippen LogP contribution in [0.15, 0.2) is 97.6 Å². The zero-order valence-corrected chi connectivity index (χ0v) is 43.0. The predicted molar refractivity (Wildman–Crippen MR) is 267 cm³/mol. The van der Waals surface area contributed by atoms with Crippen LogP contribution in [0.1, 0.15) is 46.6 Å². The lowest BCUT2D eigenvalue weighted by atomic mass is 10.2. The van der Waals surface area contributed by atoms with E-state index in [-0.39, 0.29) is 34.9 Å². The van der Waals surface area contributed by atoms with E-state index in [4.69, 9.17) is 28.4 Å². The van der Waals surface area contributed by atoms with Crippen molar-refractivity contribution in [3.8, 4) is 69.2 Å². The van der Waals surface area contributed by atoms with Gasteiger partial charge < -0.3 is 38.6 Å². The molecule has 0 amide bonds. The number of aliphatic hydroxyl groups is 2. The van der Waals surface area contributed by atoms with Crippen molar-refractivity contribution in [3.63, 3.8) is 0 Å². The number of aryl methyl sites for hydroxylation is 2. The molecular weight excluding hydrogens is 1000 g/mol. The van der Waals surface area contributed by atoms with Gasteiger partial charge in [-0.05, 0) is 61.4 Å². The molecule has 0 aliphatic rings. The Morgan fingerprint density at radius 2 is 0.797 bits per heavy atom. The molecule has 2 N–H and O–H groups in total. The second-order valence-electron chi connectivity index (χ2n) is 16.1. The van der Waals surface area contributed by atoms with Gasteiger partial charge in [0.15, 0.2) is 54.6 Å². The molecule has 6 heterocycles. The van der Waals surface area contributed by atoms with Gasteiger partial charge in [-0.2, -0.15) is 0 Å². The average Bonchev–Trinajstić information content (AvgIpc) is 4.01. The molecule has 0 bridgehead atoms. The van der Waals surface area contributed by atoms with Crippen LogP contribution in [0.25, 0.3) is 34.4 Å². The van der Waals surface area contributed by atoms with Crippen molar-refractivity contribution >= 4 is 19.7 Å². The Kier molecular flexibility index (Phi) is 17.1. The minimum Gasteiger partial charge on any atom is -0.494 e. The number of aliphatic hydroxyl groups excluding tert-OH is 2. The third-order valence-corrected chi connectivity index (χ3v) is 13.8. The molecule has 0 radical (unpaired) electrons. The molecule has 0 aliphatic heterocycles. The Morgan fingerprint density at radius 3 is 1.11 bits per heavy atom. The number of sulfone groups is 2. The third-order valence-electron chi connectivity index (χ3n) is 10.8. The fourth-order valence-corrected chi connectivity index (χ4v) is 9.98. The molecular formula is C48H52N12O12S2. The molecule has 0 saturated heterocycles. The average molecular weight is 1050 g/mol. The number of hydrogen-bond donors (Lipinski definition) is 2. The summed E-state index contributed by atoms with van der Waals surface area (Å²) in [4.78, 5) is 25.0. The maximum atomic E-state index is 13.2. The first kappa shape index (κ1) is 53.6. The number of methoxy groups -OCH3 is 6. The van der Waals surface area contributed by atoms with Crippen molar-refractivity contribution in [2.45, 2.75) is 37.6 Å². The van der Waals surface area contributed by atoms with E-state index >= 15 is 0 Å². The number of ether oxygens (including phenoxy) is 6. The van der Waals surface area contributed by atoms with Crippen molar-refractivity contribution in [2.24, 2.45) is 0 Å². The normalized spacial score (nSPS) is 12.2. The number of hydrogen-bond acceptors (Lipinski definition) is 22. The fourth-order valence-electron chi connectivity index (χ4n) is 7.32. The van der Waals surface area contributed by atoms with Crippen LogP contribution in [0.5, 0.6) is 34.8 Å². The van der Waals surface area contributed by atoms with Crippen molar-refractivity contribution < 1.29 is 55.5 Å².